The van der Waals surface area contributed by atoms with Gasteiger partial charge in [0.25, 0.3) is 0 Å². The Morgan fingerprint density at radius 1 is 1.60 bits per heavy atom. The fraction of sp³-hybridized carbons (Fsp3) is 1.00. The van der Waals surface area contributed by atoms with Gasteiger partial charge in [-0.2, -0.15) is 0 Å². The van der Waals surface area contributed by atoms with Crippen molar-refractivity contribution in [2.24, 2.45) is 5.92 Å². The summed E-state index contributed by atoms with van der Waals surface area (Å²) in [6.45, 7) is 1.73. The zero-order valence-corrected chi connectivity index (χ0v) is 5.90. The summed E-state index contributed by atoms with van der Waals surface area (Å²) in [7, 11) is 5.35. The first-order chi connectivity index (χ1) is 4.66. The molecule has 1 fully saturated rings. The average molecular weight is 142 g/mol. The molecule has 2 N–H and O–H groups in total. The largest absolute Gasteiger partial charge is 0.394 e. The fourth-order valence-corrected chi connectivity index (χ4v) is 1.13. The maximum absolute atomic E-state index is 9.21. The van der Waals surface area contributed by atoms with E-state index in [0.717, 1.165) is 0 Å². The molecule has 0 unspecified atom stereocenters. The lowest BCUT2D eigenvalue weighted by Crippen LogP contribution is -2.26. The lowest BCUT2D eigenvalue weighted by atomic mass is 9.89. The van der Waals surface area contributed by atoms with E-state index in [1.54, 1.807) is 6.92 Å². The summed E-state index contributed by atoms with van der Waals surface area (Å²) in [4.78, 5) is 0. The van der Waals surface area contributed by atoms with Crippen LogP contribution in [0.2, 0.25) is 0 Å². The zero-order chi connectivity index (χ0) is 7.72. The Balaban J connectivity index is 2.53. The third-order valence-electron chi connectivity index (χ3n) is 1.97. The lowest BCUT2D eigenvalue weighted by molar-refractivity contribution is 0.0253. The second-order valence-corrected chi connectivity index (χ2v) is 2.67. The second kappa shape index (κ2) is 2.90. The summed E-state index contributed by atoms with van der Waals surface area (Å²) < 4.78 is 5.01. The smallest absolute Gasteiger partial charge is 0.112 e. The highest BCUT2D eigenvalue weighted by molar-refractivity contribution is 6.11. The molecule has 0 bridgehead atoms. The van der Waals surface area contributed by atoms with Crippen molar-refractivity contribution in [3.63, 3.8) is 0 Å². The van der Waals surface area contributed by atoms with Crippen LogP contribution in [0.1, 0.15) is 6.92 Å². The Hall–Kier alpha value is -0.0551. The first-order valence-electron chi connectivity index (χ1n) is 3.36. The topological polar surface area (TPSA) is 49.7 Å². The summed E-state index contributed by atoms with van der Waals surface area (Å²) in [6, 6.07) is -0.632. The first kappa shape index (κ1) is 8.05. The van der Waals surface area contributed by atoms with Gasteiger partial charge in [0.2, 0.25) is 0 Å². The van der Waals surface area contributed by atoms with E-state index in [4.69, 9.17) is 17.7 Å². The van der Waals surface area contributed by atoms with Crippen LogP contribution < -0.4 is 0 Å². The highest BCUT2D eigenvalue weighted by atomic mass is 16.5. The normalized spacial score (nSPS) is 47.9. The van der Waals surface area contributed by atoms with E-state index in [2.05, 4.69) is 0 Å². The monoisotopic (exact) mass is 142 g/mol. The Bertz CT molecular complexity index is 120. The molecule has 2 radical (unpaired) electrons. The summed E-state index contributed by atoms with van der Waals surface area (Å²) in [5.74, 6) is -0.0694. The number of ether oxygens (including phenoxy) is 1. The molecule has 0 amide bonds. The van der Waals surface area contributed by atoms with Crippen molar-refractivity contribution >= 4 is 7.85 Å². The van der Waals surface area contributed by atoms with Crippen LogP contribution in [-0.4, -0.2) is 42.9 Å². The van der Waals surface area contributed by atoms with Gasteiger partial charge in [-0.25, -0.2) is 0 Å². The molecule has 4 heteroatoms. The molecular formula is C6H11BO3. The minimum atomic E-state index is -0.642. The average Bonchev–Trinajstić information content (AvgIpc) is 2.17. The maximum atomic E-state index is 9.21. The third kappa shape index (κ3) is 1.19. The van der Waals surface area contributed by atoms with E-state index in [9.17, 15) is 5.11 Å². The van der Waals surface area contributed by atoms with E-state index >= 15 is 0 Å². The fourth-order valence-electron chi connectivity index (χ4n) is 1.13. The number of aliphatic hydroxyl groups excluding tert-OH is 2. The van der Waals surface area contributed by atoms with Crippen LogP contribution in [0.3, 0.4) is 0 Å². The van der Waals surface area contributed by atoms with E-state index in [1.165, 1.54) is 0 Å². The Morgan fingerprint density at radius 2 is 2.20 bits per heavy atom. The number of rotatable bonds is 1. The van der Waals surface area contributed by atoms with Crippen LogP contribution >= 0.6 is 0 Å². The van der Waals surface area contributed by atoms with Gasteiger partial charge < -0.3 is 14.9 Å². The Morgan fingerprint density at radius 3 is 2.40 bits per heavy atom. The van der Waals surface area contributed by atoms with E-state index in [1.807, 2.05) is 0 Å². The summed E-state index contributed by atoms with van der Waals surface area (Å²) in [5.41, 5.74) is 0. The predicted octanol–water partition coefficient (Wildman–Crippen LogP) is -1.13. The maximum Gasteiger partial charge on any atom is 0.112 e. The van der Waals surface area contributed by atoms with Crippen molar-refractivity contribution in [2.75, 3.05) is 6.61 Å². The quantitative estimate of drug-likeness (QED) is 0.455. The molecule has 10 heavy (non-hydrogen) atoms. The van der Waals surface area contributed by atoms with Gasteiger partial charge >= 0.3 is 0 Å². The molecule has 0 spiro atoms. The first-order valence-corrected chi connectivity index (χ1v) is 3.36. The van der Waals surface area contributed by atoms with Crippen molar-refractivity contribution in [1.82, 2.24) is 0 Å². The summed E-state index contributed by atoms with van der Waals surface area (Å²) in [6.07, 6.45) is -0.942. The van der Waals surface area contributed by atoms with Crippen molar-refractivity contribution < 1.29 is 14.9 Å². The predicted molar refractivity (Wildman–Crippen MR) is 36.7 cm³/mol. The molecule has 0 aromatic heterocycles. The van der Waals surface area contributed by atoms with Gasteiger partial charge in [0.05, 0.1) is 18.8 Å². The van der Waals surface area contributed by atoms with Crippen LogP contribution in [0.4, 0.5) is 0 Å². The third-order valence-corrected chi connectivity index (χ3v) is 1.97. The van der Waals surface area contributed by atoms with Gasteiger partial charge in [0, 0.05) is 11.9 Å². The number of aliphatic hydroxyl groups is 2. The van der Waals surface area contributed by atoms with Crippen molar-refractivity contribution in [1.29, 1.82) is 0 Å². The Labute approximate surface area is 61.4 Å². The molecule has 1 aliphatic rings. The van der Waals surface area contributed by atoms with Crippen molar-refractivity contribution in [3.05, 3.63) is 0 Å². The molecule has 0 saturated carbocycles. The van der Waals surface area contributed by atoms with Crippen LogP contribution in [0, 0.1) is 5.92 Å². The number of hydrogen-bond donors (Lipinski definition) is 2. The molecule has 1 heterocycles. The molecule has 0 aromatic carbocycles. The number of hydrogen-bond acceptors (Lipinski definition) is 3. The molecule has 0 aromatic rings. The second-order valence-electron chi connectivity index (χ2n) is 2.67. The molecule has 1 aliphatic heterocycles. The molecule has 1 rings (SSSR count). The van der Waals surface area contributed by atoms with Crippen molar-refractivity contribution in [3.8, 4) is 0 Å². The molecule has 4 atom stereocenters. The molecule has 1 saturated heterocycles. The highest BCUT2D eigenvalue weighted by Crippen LogP contribution is 2.24. The molecule has 0 aliphatic carbocycles. The molecule has 3 nitrogen and oxygen atoms in total. The van der Waals surface area contributed by atoms with Gasteiger partial charge in [-0.1, -0.05) is 6.92 Å². The van der Waals surface area contributed by atoms with Gasteiger partial charge in [-0.05, 0) is 0 Å². The minimum Gasteiger partial charge on any atom is -0.394 e. The minimum absolute atomic E-state index is 0.0694. The highest BCUT2D eigenvalue weighted by Gasteiger charge is 2.36. The standard InChI is InChI=1S/C6H11BO3/c1-3-4(2-8)10-6(7)5(3)9/h3-6,8-9H,2H2,1H3/t3-,4-,5-,6-/m1/s1. The van der Waals surface area contributed by atoms with Crippen LogP contribution in [0.25, 0.3) is 0 Å². The molecular weight excluding hydrogens is 131 g/mol. The van der Waals surface area contributed by atoms with E-state index in [-0.39, 0.29) is 18.6 Å². The van der Waals surface area contributed by atoms with E-state index < -0.39 is 12.1 Å². The van der Waals surface area contributed by atoms with Gasteiger partial charge in [-0.3, -0.25) is 0 Å². The lowest BCUT2D eigenvalue weighted by Gasteiger charge is -2.11. The van der Waals surface area contributed by atoms with Crippen LogP contribution in [0.5, 0.6) is 0 Å². The summed E-state index contributed by atoms with van der Waals surface area (Å²) >= 11 is 0. The van der Waals surface area contributed by atoms with Gasteiger partial charge in [-0.15, -0.1) is 0 Å². The Kier molecular flexibility index (Phi) is 2.34. The van der Waals surface area contributed by atoms with Gasteiger partial charge in [0.1, 0.15) is 7.85 Å². The van der Waals surface area contributed by atoms with Crippen LogP contribution in [-0.2, 0) is 4.74 Å². The summed E-state index contributed by atoms with van der Waals surface area (Å²) in [5, 5.41) is 17.9. The SMILES string of the molecule is [B][C@@H]1O[C@H](CO)[C@@H](C)[C@H]1O. The van der Waals surface area contributed by atoms with Crippen LogP contribution in [0.15, 0.2) is 0 Å². The van der Waals surface area contributed by atoms with Gasteiger partial charge in [0.15, 0.2) is 0 Å². The molecule has 56 valence electrons. The zero-order valence-electron chi connectivity index (χ0n) is 5.90. The van der Waals surface area contributed by atoms with Crippen molar-refractivity contribution in [2.45, 2.75) is 25.1 Å². The van der Waals surface area contributed by atoms with E-state index in [0.29, 0.717) is 0 Å².